The summed E-state index contributed by atoms with van der Waals surface area (Å²) in [7, 11) is 5.16. The van der Waals surface area contributed by atoms with Crippen molar-refractivity contribution in [1.29, 1.82) is 0 Å². The number of aryl methyl sites for hydroxylation is 1. The Labute approximate surface area is 147 Å². The topological polar surface area (TPSA) is 79.4 Å². The summed E-state index contributed by atoms with van der Waals surface area (Å²) < 4.78 is 14.3. The molecule has 9 heteroatoms. The molecule has 0 fully saturated rings. The lowest BCUT2D eigenvalue weighted by Gasteiger charge is -2.07. The van der Waals surface area contributed by atoms with Crippen LogP contribution in [0.1, 0.15) is 5.69 Å². The fourth-order valence-corrected chi connectivity index (χ4v) is 3.45. The molecule has 0 saturated heterocycles. The van der Waals surface area contributed by atoms with Crippen molar-refractivity contribution in [3.05, 3.63) is 30.1 Å². The molecule has 0 aliphatic heterocycles. The van der Waals surface area contributed by atoms with Gasteiger partial charge < -0.3 is 9.47 Å². The maximum atomic E-state index is 5.46. The van der Waals surface area contributed by atoms with E-state index in [1.54, 1.807) is 29.6 Å². The molecule has 0 aliphatic carbocycles. The normalized spacial score (nSPS) is 11.2. The highest BCUT2D eigenvalue weighted by molar-refractivity contribution is 7.19. The fraction of sp³-hybridized carbons (Fsp3) is 0.250. The molecule has 4 rings (SSSR count). The Morgan fingerprint density at radius 1 is 1.08 bits per heavy atom. The van der Waals surface area contributed by atoms with E-state index in [9.17, 15) is 0 Å². The van der Waals surface area contributed by atoms with Crippen molar-refractivity contribution in [2.45, 2.75) is 6.92 Å². The van der Waals surface area contributed by atoms with Crippen molar-refractivity contribution in [2.24, 2.45) is 7.05 Å². The molecule has 1 aromatic carbocycles. The molecule has 8 nitrogen and oxygen atoms in total. The number of methoxy groups -OCH3 is 2. The number of hydrogen-bond donors (Lipinski definition) is 0. The zero-order chi connectivity index (χ0) is 17.6. The number of benzene rings is 1. The Hall–Kier alpha value is -2.94. The summed E-state index contributed by atoms with van der Waals surface area (Å²) in [5.74, 6) is 2.14. The van der Waals surface area contributed by atoms with Crippen LogP contribution in [0.25, 0.3) is 26.9 Å². The van der Waals surface area contributed by atoms with Crippen LogP contribution in [0.2, 0.25) is 0 Å². The van der Waals surface area contributed by atoms with Crippen molar-refractivity contribution in [3.8, 4) is 33.5 Å². The predicted octanol–water partition coefficient (Wildman–Crippen LogP) is 2.58. The number of aromatic nitrogens is 6. The Balaban J connectivity index is 1.88. The summed E-state index contributed by atoms with van der Waals surface area (Å²) in [5, 5.41) is 18.3. The number of nitrogens with zero attached hydrogens (tertiary/aromatic N) is 6. The summed E-state index contributed by atoms with van der Waals surface area (Å²) >= 11 is 1.44. The van der Waals surface area contributed by atoms with Gasteiger partial charge >= 0.3 is 0 Å². The van der Waals surface area contributed by atoms with Crippen molar-refractivity contribution in [2.75, 3.05) is 14.2 Å². The standard InChI is InChI=1S/C16H16N6O2S/c1-9-12(8-17-21(9)2)14-18-19-16-22(14)20-15(25-16)11-7-10(23-3)5-6-13(11)24-4/h5-8H,1-4H3. The summed E-state index contributed by atoms with van der Waals surface area (Å²) in [4.78, 5) is 0.707. The lowest BCUT2D eigenvalue weighted by atomic mass is 10.2. The first-order valence-corrected chi connectivity index (χ1v) is 8.37. The Kier molecular flexibility index (Phi) is 3.65. The largest absolute Gasteiger partial charge is 0.497 e. The van der Waals surface area contributed by atoms with Gasteiger partial charge in [0.25, 0.3) is 0 Å². The van der Waals surface area contributed by atoms with Gasteiger partial charge in [-0.2, -0.15) is 14.7 Å². The minimum atomic E-state index is 0.671. The van der Waals surface area contributed by atoms with E-state index in [4.69, 9.17) is 14.6 Å². The van der Waals surface area contributed by atoms with Crippen LogP contribution in [0.3, 0.4) is 0 Å². The zero-order valence-electron chi connectivity index (χ0n) is 14.2. The molecular weight excluding hydrogens is 340 g/mol. The number of ether oxygens (including phenoxy) is 2. The molecule has 0 amide bonds. The van der Waals surface area contributed by atoms with Crippen LogP contribution in [0.15, 0.2) is 24.4 Å². The second-order valence-electron chi connectivity index (χ2n) is 5.46. The molecule has 0 aliphatic rings. The lowest BCUT2D eigenvalue weighted by Crippen LogP contribution is -1.95. The highest BCUT2D eigenvalue weighted by Crippen LogP contribution is 2.36. The van der Waals surface area contributed by atoms with Crippen LogP contribution < -0.4 is 9.47 Å². The third-order valence-electron chi connectivity index (χ3n) is 4.10. The average Bonchev–Trinajstić information content (AvgIpc) is 3.30. The number of rotatable bonds is 4. The second-order valence-corrected chi connectivity index (χ2v) is 6.41. The van der Waals surface area contributed by atoms with E-state index < -0.39 is 0 Å². The lowest BCUT2D eigenvalue weighted by molar-refractivity contribution is 0.404. The Morgan fingerprint density at radius 3 is 2.60 bits per heavy atom. The molecule has 0 bridgehead atoms. The van der Waals surface area contributed by atoms with Gasteiger partial charge in [-0.15, -0.1) is 10.2 Å². The monoisotopic (exact) mass is 356 g/mol. The smallest absolute Gasteiger partial charge is 0.235 e. The molecule has 25 heavy (non-hydrogen) atoms. The van der Waals surface area contributed by atoms with Crippen molar-refractivity contribution < 1.29 is 9.47 Å². The third-order valence-corrected chi connectivity index (χ3v) is 5.04. The Morgan fingerprint density at radius 2 is 1.92 bits per heavy atom. The van der Waals surface area contributed by atoms with E-state index in [-0.39, 0.29) is 0 Å². The van der Waals surface area contributed by atoms with Gasteiger partial charge in [-0.25, -0.2) is 0 Å². The van der Waals surface area contributed by atoms with Crippen LogP contribution >= 0.6 is 11.3 Å². The molecular formula is C16H16N6O2S. The predicted molar refractivity (Wildman–Crippen MR) is 94.1 cm³/mol. The van der Waals surface area contributed by atoms with Crippen LogP contribution in [-0.2, 0) is 7.05 Å². The van der Waals surface area contributed by atoms with E-state index >= 15 is 0 Å². The van der Waals surface area contributed by atoms with Crippen LogP contribution in [0, 0.1) is 6.92 Å². The summed E-state index contributed by atoms with van der Waals surface area (Å²) in [6.45, 7) is 1.99. The molecule has 0 radical (unpaired) electrons. The fourth-order valence-electron chi connectivity index (χ4n) is 2.59. The van der Waals surface area contributed by atoms with Gasteiger partial charge in [0.2, 0.25) is 4.96 Å². The average molecular weight is 356 g/mol. The minimum absolute atomic E-state index is 0.671. The van der Waals surface area contributed by atoms with Gasteiger partial charge in [0.05, 0.1) is 31.5 Å². The number of hydrogen-bond acceptors (Lipinski definition) is 7. The maximum Gasteiger partial charge on any atom is 0.235 e. The second kappa shape index (κ2) is 5.85. The van der Waals surface area contributed by atoms with Gasteiger partial charge in [-0.05, 0) is 25.1 Å². The van der Waals surface area contributed by atoms with Gasteiger partial charge in [0.15, 0.2) is 10.8 Å². The van der Waals surface area contributed by atoms with Crippen molar-refractivity contribution >= 4 is 16.3 Å². The number of fused-ring (bicyclic) bond motifs is 1. The van der Waals surface area contributed by atoms with Crippen molar-refractivity contribution in [3.63, 3.8) is 0 Å². The molecule has 0 N–H and O–H groups in total. The van der Waals surface area contributed by atoms with Crippen molar-refractivity contribution in [1.82, 2.24) is 29.6 Å². The maximum absolute atomic E-state index is 5.46. The SMILES string of the molecule is COc1ccc(OC)c(-c2nn3c(-c4cnn(C)c4C)nnc3s2)c1. The quantitative estimate of drug-likeness (QED) is 0.559. The summed E-state index contributed by atoms with van der Waals surface area (Å²) in [6.07, 6.45) is 1.77. The van der Waals surface area contributed by atoms with Gasteiger partial charge in [-0.1, -0.05) is 11.3 Å². The molecule has 0 saturated carbocycles. The van der Waals surface area contributed by atoms with Crippen LogP contribution in [0.4, 0.5) is 0 Å². The first-order valence-electron chi connectivity index (χ1n) is 7.56. The molecule has 0 atom stereocenters. The van der Waals surface area contributed by atoms with E-state index in [1.165, 1.54) is 11.3 Å². The molecule has 0 spiro atoms. The zero-order valence-corrected chi connectivity index (χ0v) is 15.0. The Bertz CT molecular complexity index is 1060. The third kappa shape index (κ3) is 2.43. The highest BCUT2D eigenvalue weighted by Gasteiger charge is 2.19. The van der Waals surface area contributed by atoms with E-state index in [0.717, 1.165) is 33.3 Å². The molecule has 128 valence electrons. The molecule has 3 aromatic heterocycles. The molecule has 0 unspecified atom stereocenters. The van der Waals surface area contributed by atoms with E-state index in [1.807, 2.05) is 32.2 Å². The molecule has 3 heterocycles. The minimum Gasteiger partial charge on any atom is -0.497 e. The summed E-state index contributed by atoms with van der Waals surface area (Å²) in [6, 6.07) is 5.62. The first kappa shape index (κ1) is 15.6. The van der Waals surface area contributed by atoms with Gasteiger partial charge in [0.1, 0.15) is 11.5 Å². The van der Waals surface area contributed by atoms with Crippen LogP contribution in [-0.4, -0.2) is 43.8 Å². The highest BCUT2D eigenvalue weighted by atomic mass is 32.1. The van der Waals surface area contributed by atoms with E-state index in [2.05, 4.69) is 15.3 Å². The van der Waals surface area contributed by atoms with Gasteiger partial charge in [-0.3, -0.25) is 4.68 Å². The molecule has 4 aromatic rings. The van der Waals surface area contributed by atoms with E-state index in [0.29, 0.717) is 10.8 Å². The first-order chi connectivity index (χ1) is 12.1. The van der Waals surface area contributed by atoms with Crippen LogP contribution in [0.5, 0.6) is 11.5 Å². The summed E-state index contributed by atoms with van der Waals surface area (Å²) in [5.41, 5.74) is 2.76. The van der Waals surface area contributed by atoms with Gasteiger partial charge in [0, 0.05) is 12.7 Å².